The Kier molecular flexibility index (Phi) is 6.44. The second kappa shape index (κ2) is 7.63. The number of nitrogens with one attached hydrogen (secondary N) is 1. The third-order valence-corrected chi connectivity index (χ3v) is 4.88. The maximum Gasteiger partial charge on any atom is 0.246 e. The molecule has 0 aliphatic rings. The first-order chi connectivity index (χ1) is 9.88. The second-order valence-electron chi connectivity index (χ2n) is 4.41. The smallest absolute Gasteiger partial charge is 0.246 e. The van der Waals surface area contributed by atoms with E-state index in [9.17, 15) is 17.2 Å². The molecule has 0 amide bonds. The van der Waals surface area contributed by atoms with Crippen LogP contribution >= 0.6 is 0 Å². The van der Waals surface area contributed by atoms with Gasteiger partial charge in [-0.2, -0.15) is 4.31 Å². The Morgan fingerprint density at radius 2 is 2.00 bits per heavy atom. The first kappa shape index (κ1) is 17.7. The zero-order chi connectivity index (χ0) is 16.0. The molecule has 4 nitrogen and oxygen atoms in total. The summed E-state index contributed by atoms with van der Waals surface area (Å²) in [4.78, 5) is -0.640. The van der Waals surface area contributed by atoms with Crippen LogP contribution in [0.1, 0.15) is 19.4 Å². The van der Waals surface area contributed by atoms with Crippen LogP contribution in [0, 0.1) is 11.6 Å². The van der Waals surface area contributed by atoms with E-state index < -0.39 is 26.6 Å². The number of hydrogen-bond donors (Lipinski definition) is 1. The summed E-state index contributed by atoms with van der Waals surface area (Å²) in [5.41, 5.74) is 0.379. The molecule has 0 aliphatic heterocycles. The van der Waals surface area contributed by atoms with Crippen molar-refractivity contribution in [1.82, 2.24) is 9.62 Å². The van der Waals surface area contributed by atoms with Crippen LogP contribution in [0.5, 0.6) is 0 Å². The lowest BCUT2D eigenvalue weighted by atomic mass is 10.2. The molecule has 1 aromatic carbocycles. The predicted molar refractivity (Wildman–Crippen MR) is 78.4 cm³/mol. The largest absolute Gasteiger partial charge is 0.313 e. The maximum absolute atomic E-state index is 13.9. The molecule has 21 heavy (non-hydrogen) atoms. The molecule has 0 saturated carbocycles. The monoisotopic (exact) mass is 318 g/mol. The van der Waals surface area contributed by atoms with Crippen molar-refractivity contribution in [3.05, 3.63) is 42.0 Å². The molecule has 1 aromatic rings. The number of likely N-dealkylation sites (N-methyl/N-ethyl adjacent to an activating group) is 1. The molecule has 118 valence electrons. The van der Waals surface area contributed by atoms with Crippen LogP contribution in [-0.2, 0) is 16.6 Å². The Labute approximate surface area is 124 Å². The van der Waals surface area contributed by atoms with E-state index in [-0.39, 0.29) is 19.6 Å². The van der Waals surface area contributed by atoms with Gasteiger partial charge in [0.05, 0.1) is 0 Å². The lowest BCUT2D eigenvalue weighted by Gasteiger charge is -2.19. The topological polar surface area (TPSA) is 49.4 Å². The molecular weight excluding hydrogens is 298 g/mol. The fourth-order valence-corrected chi connectivity index (χ4v) is 3.40. The average Bonchev–Trinajstić information content (AvgIpc) is 2.45. The van der Waals surface area contributed by atoms with E-state index in [1.807, 2.05) is 6.92 Å². The minimum atomic E-state index is -4.09. The van der Waals surface area contributed by atoms with Crippen LogP contribution in [0.25, 0.3) is 0 Å². The van der Waals surface area contributed by atoms with Gasteiger partial charge in [-0.15, -0.1) is 6.58 Å². The highest BCUT2D eigenvalue weighted by molar-refractivity contribution is 7.89. The summed E-state index contributed by atoms with van der Waals surface area (Å²) in [5, 5.41) is 2.94. The quantitative estimate of drug-likeness (QED) is 0.748. The Hall–Kier alpha value is -1.31. The second-order valence-corrected chi connectivity index (χ2v) is 6.32. The van der Waals surface area contributed by atoms with Crippen molar-refractivity contribution in [3.63, 3.8) is 0 Å². The van der Waals surface area contributed by atoms with Gasteiger partial charge in [0.2, 0.25) is 10.0 Å². The van der Waals surface area contributed by atoms with Gasteiger partial charge < -0.3 is 5.32 Å². The molecule has 0 atom stereocenters. The van der Waals surface area contributed by atoms with Crippen LogP contribution in [0.2, 0.25) is 0 Å². The maximum atomic E-state index is 13.9. The zero-order valence-electron chi connectivity index (χ0n) is 12.2. The normalized spacial score (nSPS) is 11.9. The van der Waals surface area contributed by atoms with Crippen LogP contribution < -0.4 is 5.32 Å². The number of benzene rings is 1. The van der Waals surface area contributed by atoms with Gasteiger partial charge in [0, 0.05) is 19.6 Å². The third kappa shape index (κ3) is 4.09. The fourth-order valence-electron chi connectivity index (χ4n) is 1.86. The molecule has 1 N–H and O–H groups in total. The van der Waals surface area contributed by atoms with Crippen molar-refractivity contribution < 1.29 is 17.2 Å². The van der Waals surface area contributed by atoms with Crippen molar-refractivity contribution in [3.8, 4) is 0 Å². The Balaban J connectivity index is 3.32. The number of nitrogens with zero attached hydrogens (tertiary/aromatic N) is 1. The van der Waals surface area contributed by atoms with Crippen LogP contribution in [0.4, 0.5) is 8.78 Å². The van der Waals surface area contributed by atoms with Gasteiger partial charge in [0.1, 0.15) is 4.90 Å². The van der Waals surface area contributed by atoms with Gasteiger partial charge in [0.25, 0.3) is 0 Å². The Morgan fingerprint density at radius 3 is 2.52 bits per heavy atom. The molecule has 0 aliphatic carbocycles. The van der Waals surface area contributed by atoms with E-state index >= 15 is 0 Å². The predicted octanol–water partition coefficient (Wildman–Crippen LogP) is 2.27. The molecule has 7 heteroatoms. The van der Waals surface area contributed by atoms with Crippen molar-refractivity contribution in [1.29, 1.82) is 0 Å². The number of halogens is 2. The highest BCUT2D eigenvalue weighted by Crippen LogP contribution is 2.23. The molecule has 0 aromatic heterocycles. The highest BCUT2D eigenvalue weighted by atomic mass is 32.2. The van der Waals surface area contributed by atoms with Gasteiger partial charge in [-0.05, 0) is 24.2 Å². The third-order valence-electron chi connectivity index (χ3n) is 2.94. The summed E-state index contributed by atoms with van der Waals surface area (Å²) in [6, 6.07) is 2.17. The lowest BCUT2D eigenvalue weighted by molar-refractivity contribution is 0.442. The molecule has 1 rings (SSSR count). The summed E-state index contributed by atoms with van der Waals surface area (Å²) >= 11 is 0. The van der Waals surface area contributed by atoms with E-state index in [0.717, 1.165) is 10.4 Å². The summed E-state index contributed by atoms with van der Waals surface area (Å²) in [6.45, 7) is 8.04. The molecule has 0 bridgehead atoms. The van der Waals surface area contributed by atoms with E-state index in [2.05, 4.69) is 11.9 Å². The minimum absolute atomic E-state index is 0.0390. The molecule has 0 saturated heterocycles. The first-order valence-electron chi connectivity index (χ1n) is 6.68. The van der Waals surface area contributed by atoms with Crippen LogP contribution in [-0.4, -0.2) is 32.4 Å². The average molecular weight is 318 g/mol. The van der Waals surface area contributed by atoms with Crippen LogP contribution in [0.3, 0.4) is 0 Å². The van der Waals surface area contributed by atoms with Gasteiger partial charge in [-0.1, -0.05) is 19.9 Å². The highest BCUT2D eigenvalue weighted by Gasteiger charge is 2.28. The molecule has 0 heterocycles. The summed E-state index contributed by atoms with van der Waals surface area (Å²) < 4.78 is 53.4. The van der Waals surface area contributed by atoms with Crippen molar-refractivity contribution in [2.45, 2.75) is 25.3 Å². The summed E-state index contributed by atoms with van der Waals surface area (Å²) in [6.07, 6.45) is 1.40. The Morgan fingerprint density at radius 1 is 1.33 bits per heavy atom. The van der Waals surface area contributed by atoms with Crippen molar-refractivity contribution in [2.24, 2.45) is 0 Å². The SMILES string of the molecule is C=CCN(CC)S(=O)(=O)c1cc(CNCC)cc(F)c1F. The number of sulfonamides is 1. The molecule has 0 unspecified atom stereocenters. The fraction of sp³-hybridized carbons (Fsp3) is 0.429. The van der Waals surface area contributed by atoms with Crippen molar-refractivity contribution >= 4 is 10.0 Å². The van der Waals surface area contributed by atoms with E-state index in [0.29, 0.717) is 12.1 Å². The standard InChI is InChI=1S/C14H20F2N2O2S/c1-4-7-18(6-3)21(19,20)13-9-11(10-17-5-2)8-12(15)14(13)16/h4,8-9,17H,1,5-7,10H2,2-3H3. The van der Waals surface area contributed by atoms with E-state index in [1.165, 1.54) is 12.1 Å². The summed E-state index contributed by atoms with van der Waals surface area (Å²) in [7, 11) is -4.09. The number of rotatable bonds is 8. The summed E-state index contributed by atoms with van der Waals surface area (Å²) in [5.74, 6) is -2.52. The molecule has 0 fully saturated rings. The molecule has 0 spiro atoms. The lowest BCUT2D eigenvalue weighted by Crippen LogP contribution is -2.32. The zero-order valence-corrected chi connectivity index (χ0v) is 13.0. The van der Waals surface area contributed by atoms with E-state index in [1.54, 1.807) is 6.92 Å². The van der Waals surface area contributed by atoms with E-state index in [4.69, 9.17) is 0 Å². The molecular formula is C14H20F2N2O2S. The van der Waals surface area contributed by atoms with Gasteiger partial charge in [0.15, 0.2) is 11.6 Å². The Bertz CT molecular complexity index is 603. The van der Waals surface area contributed by atoms with Gasteiger partial charge >= 0.3 is 0 Å². The van der Waals surface area contributed by atoms with Crippen LogP contribution in [0.15, 0.2) is 29.7 Å². The van der Waals surface area contributed by atoms with Gasteiger partial charge in [-0.3, -0.25) is 0 Å². The number of hydrogen-bond acceptors (Lipinski definition) is 3. The first-order valence-corrected chi connectivity index (χ1v) is 8.12. The van der Waals surface area contributed by atoms with Crippen molar-refractivity contribution in [2.75, 3.05) is 19.6 Å². The van der Waals surface area contributed by atoms with Gasteiger partial charge in [-0.25, -0.2) is 17.2 Å². The molecule has 0 radical (unpaired) electrons. The minimum Gasteiger partial charge on any atom is -0.313 e.